The van der Waals surface area contributed by atoms with Crippen molar-refractivity contribution in [3.05, 3.63) is 35.1 Å². The molecule has 0 bridgehead atoms. The van der Waals surface area contributed by atoms with E-state index in [1.165, 1.54) is 19.2 Å². The van der Waals surface area contributed by atoms with E-state index in [1.54, 1.807) is 6.92 Å². The number of methoxy groups -OCH3 is 1. The molecule has 0 spiro atoms. The van der Waals surface area contributed by atoms with Crippen LogP contribution in [0.2, 0.25) is 0 Å². The monoisotopic (exact) mass is 265 g/mol. The Labute approximate surface area is 111 Å². The highest BCUT2D eigenvalue weighted by molar-refractivity contribution is 5.94. The van der Waals surface area contributed by atoms with Gasteiger partial charge in [0.15, 0.2) is 0 Å². The van der Waals surface area contributed by atoms with Gasteiger partial charge >= 0.3 is 0 Å². The molecule has 0 saturated heterocycles. The zero-order valence-electron chi connectivity index (χ0n) is 10.9. The molecule has 0 aromatic heterocycles. The van der Waals surface area contributed by atoms with Crippen LogP contribution in [0.5, 0.6) is 0 Å². The molecule has 0 fully saturated rings. The molecular weight excluding hydrogens is 249 g/mol. The number of halogens is 1. The summed E-state index contributed by atoms with van der Waals surface area (Å²) in [4.78, 5) is 11.7. The number of rotatable bonds is 4. The Hall–Kier alpha value is -1.90. The van der Waals surface area contributed by atoms with Crippen molar-refractivity contribution in [1.82, 2.24) is 5.32 Å². The van der Waals surface area contributed by atoms with Gasteiger partial charge in [-0.1, -0.05) is 11.8 Å². The molecule has 1 aromatic rings. The molecule has 0 heterocycles. The number of carbonyl (C=O) groups excluding carboxylic acids is 1. The Kier molecular flexibility index (Phi) is 6.00. The standard InChI is InChI=1S/C14H16FNO3/c1-10(19-2)9-16-14(18)12-6-5-11(4-3-7-17)8-13(12)15/h5-6,8,10,17H,7,9H2,1-2H3,(H,16,18). The van der Waals surface area contributed by atoms with E-state index in [2.05, 4.69) is 17.2 Å². The first-order chi connectivity index (χ1) is 9.08. The molecule has 2 N–H and O–H groups in total. The lowest BCUT2D eigenvalue weighted by Crippen LogP contribution is -2.32. The van der Waals surface area contributed by atoms with Crippen LogP contribution >= 0.6 is 0 Å². The molecule has 0 aliphatic rings. The highest BCUT2D eigenvalue weighted by Gasteiger charge is 2.12. The lowest BCUT2D eigenvalue weighted by molar-refractivity contribution is 0.0867. The van der Waals surface area contributed by atoms with Crippen molar-refractivity contribution in [1.29, 1.82) is 0 Å². The Morgan fingerprint density at radius 2 is 2.32 bits per heavy atom. The van der Waals surface area contributed by atoms with Gasteiger partial charge in [0, 0.05) is 19.2 Å². The summed E-state index contributed by atoms with van der Waals surface area (Å²) in [5.74, 6) is 3.84. The SMILES string of the molecule is COC(C)CNC(=O)c1ccc(C#CCO)cc1F. The van der Waals surface area contributed by atoms with Crippen molar-refractivity contribution >= 4 is 5.91 Å². The fourth-order valence-electron chi connectivity index (χ4n) is 1.33. The Bertz CT molecular complexity index is 505. The fraction of sp³-hybridized carbons (Fsp3) is 0.357. The third-order valence-corrected chi connectivity index (χ3v) is 2.48. The second-order valence-corrected chi connectivity index (χ2v) is 3.91. The highest BCUT2D eigenvalue weighted by Crippen LogP contribution is 2.10. The second kappa shape index (κ2) is 7.52. The molecule has 4 nitrogen and oxygen atoms in total. The minimum atomic E-state index is -0.646. The number of hydrogen-bond donors (Lipinski definition) is 2. The molecule has 1 aromatic carbocycles. The summed E-state index contributed by atoms with van der Waals surface area (Å²) in [5.41, 5.74) is 0.367. The molecule has 1 amide bonds. The minimum Gasteiger partial charge on any atom is -0.384 e. The summed E-state index contributed by atoms with van der Waals surface area (Å²) in [5, 5.41) is 11.1. The first-order valence-corrected chi connectivity index (χ1v) is 5.78. The van der Waals surface area contributed by atoms with Crippen LogP contribution in [0.25, 0.3) is 0 Å². The van der Waals surface area contributed by atoms with E-state index in [0.29, 0.717) is 12.1 Å². The molecule has 0 radical (unpaired) electrons. The molecule has 1 atom stereocenters. The summed E-state index contributed by atoms with van der Waals surface area (Å²) in [6, 6.07) is 4.06. The number of hydrogen-bond acceptors (Lipinski definition) is 3. The Morgan fingerprint density at radius 1 is 1.58 bits per heavy atom. The van der Waals surface area contributed by atoms with Crippen LogP contribution in [0, 0.1) is 17.7 Å². The van der Waals surface area contributed by atoms with Crippen molar-refractivity contribution < 1.29 is 19.0 Å². The predicted octanol–water partition coefficient (Wildman–Crippen LogP) is 0.934. The van der Waals surface area contributed by atoms with Crippen LogP contribution in [0.3, 0.4) is 0 Å². The maximum absolute atomic E-state index is 13.7. The lowest BCUT2D eigenvalue weighted by Gasteiger charge is -2.11. The van der Waals surface area contributed by atoms with E-state index in [9.17, 15) is 9.18 Å². The number of aliphatic hydroxyl groups excluding tert-OH is 1. The Balaban J connectivity index is 2.76. The highest BCUT2D eigenvalue weighted by atomic mass is 19.1. The van der Waals surface area contributed by atoms with Gasteiger partial charge in [-0.15, -0.1) is 0 Å². The van der Waals surface area contributed by atoms with Crippen molar-refractivity contribution in [2.24, 2.45) is 0 Å². The predicted molar refractivity (Wildman–Crippen MR) is 69.2 cm³/mol. The summed E-state index contributed by atoms with van der Waals surface area (Å²) in [7, 11) is 1.53. The molecule has 0 saturated carbocycles. The van der Waals surface area contributed by atoms with E-state index < -0.39 is 11.7 Å². The smallest absolute Gasteiger partial charge is 0.254 e. The molecule has 1 unspecified atom stereocenters. The van der Waals surface area contributed by atoms with E-state index in [-0.39, 0.29) is 18.3 Å². The number of benzene rings is 1. The molecule has 1 rings (SSSR count). The molecular formula is C14H16FNO3. The fourth-order valence-corrected chi connectivity index (χ4v) is 1.33. The van der Waals surface area contributed by atoms with Crippen LogP contribution in [0.15, 0.2) is 18.2 Å². The maximum atomic E-state index is 13.7. The molecule has 102 valence electrons. The van der Waals surface area contributed by atoms with Crippen LogP contribution in [0.4, 0.5) is 4.39 Å². The molecule has 5 heteroatoms. The van der Waals surface area contributed by atoms with Gasteiger partial charge in [-0.3, -0.25) is 4.79 Å². The van der Waals surface area contributed by atoms with Gasteiger partial charge in [-0.2, -0.15) is 0 Å². The van der Waals surface area contributed by atoms with Crippen molar-refractivity contribution in [3.63, 3.8) is 0 Å². The van der Waals surface area contributed by atoms with Gasteiger partial charge < -0.3 is 15.2 Å². The van der Waals surface area contributed by atoms with Crippen LogP contribution < -0.4 is 5.32 Å². The second-order valence-electron chi connectivity index (χ2n) is 3.91. The van der Waals surface area contributed by atoms with Crippen LogP contribution in [-0.2, 0) is 4.74 Å². The van der Waals surface area contributed by atoms with Gasteiger partial charge in [0.1, 0.15) is 12.4 Å². The van der Waals surface area contributed by atoms with E-state index in [1.807, 2.05) is 0 Å². The first kappa shape index (κ1) is 15.2. The molecule has 0 aliphatic heterocycles. The topological polar surface area (TPSA) is 58.6 Å². The number of nitrogens with one attached hydrogen (secondary N) is 1. The van der Waals surface area contributed by atoms with E-state index in [0.717, 1.165) is 6.07 Å². The van der Waals surface area contributed by atoms with E-state index in [4.69, 9.17) is 9.84 Å². The summed E-state index contributed by atoms with van der Waals surface area (Å²) in [6.45, 7) is 1.81. The van der Waals surface area contributed by atoms with Gasteiger partial charge in [-0.25, -0.2) is 4.39 Å². The summed E-state index contributed by atoms with van der Waals surface area (Å²) in [6.07, 6.45) is -0.137. The third kappa shape index (κ3) is 4.70. The molecule has 19 heavy (non-hydrogen) atoms. The lowest BCUT2D eigenvalue weighted by atomic mass is 10.1. The molecule has 0 aliphatic carbocycles. The zero-order valence-corrected chi connectivity index (χ0v) is 10.9. The van der Waals surface area contributed by atoms with Gasteiger partial charge in [0.05, 0.1) is 11.7 Å². The number of ether oxygens (including phenoxy) is 1. The van der Waals surface area contributed by atoms with Crippen LogP contribution in [-0.4, -0.2) is 37.4 Å². The van der Waals surface area contributed by atoms with Gasteiger partial charge in [0.25, 0.3) is 5.91 Å². The third-order valence-electron chi connectivity index (χ3n) is 2.48. The van der Waals surface area contributed by atoms with Crippen molar-refractivity contribution in [3.8, 4) is 11.8 Å². The summed E-state index contributed by atoms with van der Waals surface area (Å²) >= 11 is 0. The van der Waals surface area contributed by atoms with Gasteiger partial charge in [-0.05, 0) is 25.1 Å². The number of amides is 1. The minimum absolute atomic E-state index is 0.0437. The average molecular weight is 265 g/mol. The van der Waals surface area contributed by atoms with Crippen molar-refractivity contribution in [2.75, 3.05) is 20.3 Å². The first-order valence-electron chi connectivity index (χ1n) is 5.78. The summed E-state index contributed by atoms with van der Waals surface area (Å²) < 4.78 is 18.7. The largest absolute Gasteiger partial charge is 0.384 e. The van der Waals surface area contributed by atoms with Crippen LogP contribution in [0.1, 0.15) is 22.8 Å². The number of aliphatic hydroxyl groups is 1. The van der Waals surface area contributed by atoms with E-state index >= 15 is 0 Å². The average Bonchev–Trinajstić information content (AvgIpc) is 2.42. The van der Waals surface area contributed by atoms with Crippen molar-refractivity contribution in [2.45, 2.75) is 13.0 Å². The normalized spacial score (nSPS) is 11.4. The van der Waals surface area contributed by atoms with Gasteiger partial charge in [0.2, 0.25) is 0 Å². The number of carbonyl (C=O) groups is 1. The quantitative estimate of drug-likeness (QED) is 0.796. The maximum Gasteiger partial charge on any atom is 0.254 e. The Morgan fingerprint density at radius 3 is 2.89 bits per heavy atom. The zero-order chi connectivity index (χ0) is 14.3.